The summed E-state index contributed by atoms with van der Waals surface area (Å²) in [5, 5.41) is 3.40. The molecule has 0 aromatic rings. The summed E-state index contributed by atoms with van der Waals surface area (Å²) < 4.78 is 0. The zero-order valence-electron chi connectivity index (χ0n) is 5.98. The highest BCUT2D eigenvalue weighted by atomic mass is 14.9. The van der Waals surface area contributed by atoms with Crippen LogP contribution in [0.4, 0.5) is 0 Å². The van der Waals surface area contributed by atoms with Crippen molar-refractivity contribution >= 4 is 0 Å². The van der Waals surface area contributed by atoms with E-state index in [2.05, 4.69) is 24.4 Å². The van der Waals surface area contributed by atoms with Crippen LogP contribution < -0.4 is 5.32 Å². The van der Waals surface area contributed by atoms with E-state index >= 15 is 0 Å². The first-order valence-corrected chi connectivity index (χ1v) is 3.72. The number of hydrogen-bond donors (Lipinski definition) is 1. The smallest absolute Gasteiger partial charge is 0.0143 e. The molecule has 0 fully saturated rings. The molecule has 0 amide bonds. The van der Waals surface area contributed by atoms with E-state index in [1.165, 1.54) is 12.8 Å². The second kappa shape index (κ2) is 3.67. The van der Waals surface area contributed by atoms with E-state index in [4.69, 9.17) is 0 Å². The van der Waals surface area contributed by atoms with Gasteiger partial charge in [-0.1, -0.05) is 19.4 Å². The summed E-state index contributed by atoms with van der Waals surface area (Å²) in [6, 6.07) is 0.708. The van der Waals surface area contributed by atoms with Gasteiger partial charge in [0, 0.05) is 12.6 Å². The molecule has 0 saturated heterocycles. The van der Waals surface area contributed by atoms with Crippen molar-refractivity contribution in [3.63, 3.8) is 0 Å². The summed E-state index contributed by atoms with van der Waals surface area (Å²) in [4.78, 5) is 0. The maximum absolute atomic E-state index is 3.40. The molecule has 0 bridgehead atoms. The predicted octanol–water partition coefficient (Wildman–Crippen LogP) is 1.51. The lowest BCUT2D eigenvalue weighted by Gasteiger charge is -2.17. The first-order chi connectivity index (χ1) is 4.43. The third-order valence-electron chi connectivity index (χ3n) is 1.65. The highest BCUT2D eigenvalue weighted by Gasteiger charge is 2.05. The minimum Gasteiger partial charge on any atom is -0.310 e. The van der Waals surface area contributed by atoms with Gasteiger partial charge in [-0.2, -0.15) is 0 Å². The van der Waals surface area contributed by atoms with Crippen LogP contribution in [-0.4, -0.2) is 12.6 Å². The molecular formula is C8H14N. The van der Waals surface area contributed by atoms with Gasteiger partial charge in [-0.05, 0) is 18.9 Å². The van der Waals surface area contributed by atoms with E-state index in [0.29, 0.717) is 6.04 Å². The van der Waals surface area contributed by atoms with Crippen molar-refractivity contribution in [2.75, 3.05) is 6.54 Å². The van der Waals surface area contributed by atoms with E-state index in [9.17, 15) is 0 Å². The Morgan fingerprint density at radius 3 is 3.22 bits per heavy atom. The molecule has 1 atom stereocenters. The topological polar surface area (TPSA) is 12.0 Å². The maximum Gasteiger partial charge on any atom is 0.0143 e. The second-order valence-corrected chi connectivity index (χ2v) is 2.51. The summed E-state index contributed by atoms with van der Waals surface area (Å²) in [6.45, 7) is 3.24. The summed E-state index contributed by atoms with van der Waals surface area (Å²) >= 11 is 0. The minimum absolute atomic E-state index is 0.708. The van der Waals surface area contributed by atoms with Crippen LogP contribution in [0.2, 0.25) is 0 Å². The largest absolute Gasteiger partial charge is 0.310 e. The fourth-order valence-electron chi connectivity index (χ4n) is 1.15. The van der Waals surface area contributed by atoms with E-state index in [1.54, 1.807) is 0 Å². The van der Waals surface area contributed by atoms with Crippen molar-refractivity contribution in [3.8, 4) is 0 Å². The standard InChI is InChI=1S/C8H14N/c1-2-5-8-6-3-4-7-9-8/h4,8-9H,2,5-7H2,1H3. The van der Waals surface area contributed by atoms with Crippen LogP contribution in [0.5, 0.6) is 0 Å². The van der Waals surface area contributed by atoms with Crippen molar-refractivity contribution < 1.29 is 0 Å². The first-order valence-electron chi connectivity index (χ1n) is 3.72. The van der Waals surface area contributed by atoms with Gasteiger partial charge in [0.05, 0.1) is 0 Å². The molecule has 51 valence electrons. The highest BCUT2D eigenvalue weighted by molar-refractivity contribution is 4.87. The molecular weight excluding hydrogens is 110 g/mol. The average Bonchev–Trinajstić information content (AvgIpc) is 1.91. The summed E-state index contributed by atoms with van der Waals surface area (Å²) in [6.07, 6.45) is 8.98. The van der Waals surface area contributed by atoms with Gasteiger partial charge in [0.1, 0.15) is 0 Å². The molecule has 1 unspecified atom stereocenters. The van der Waals surface area contributed by atoms with Crippen LogP contribution in [0.15, 0.2) is 6.08 Å². The Morgan fingerprint density at radius 2 is 2.67 bits per heavy atom. The van der Waals surface area contributed by atoms with Gasteiger partial charge in [0.25, 0.3) is 0 Å². The maximum atomic E-state index is 3.40. The fourth-order valence-corrected chi connectivity index (χ4v) is 1.15. The van der Waals surface area contributed by atoms with Crippen molar-refractivity contribution in [3.05, 3.63) is 12.2 Å². The summed E-state index contributed by atoms with van der Waals surface area (Å²) in [5.41, 5.74) is 0. The third kappa shape index (κ3) is 2.19. The molecule has 1 N–H and O–H groups in total. The average molecular weight is 124 g/mol. The molecule has 0 saturated carbocycles. The van der Waals surface area contributed by atoms with Crippen molar-refractivity contribution in [2.24, 2.45) is 0 Å². The van der Waals surface area contributed by atoms with Crippen molar-refractivity contribution in [2.45, 2.75) is 32.2 Å². The predicted molar refractivity (Wildman–Crippen MR) is 39.1 cm³/mol. The molecule has 0 aliphatic carbocycles. The Morgan fingerprint density at radius 1 is 1.78 bits per heavy atom. The van der Waals surface area contributed by atoms with E-state index in [1.807, 2.05) is 0 Å². The quantitative estimate of drug-likeness (QED) is 0.588. The molecule has 1 nitrogen and oxygen atoms in total. The fraction of sp³-hybridized carbons (Fsp3) is 0.750. The summed E-state index contributed by atoms with van der Waals surface area (Å²) in [5.74, 6) is 0. The van der Waals surface area contributed by atoms with E-state index in [-0.39, 0.29) is 0 Å². The van der Waals surface area contributed by atoms with Crippen LogP contribution in [0.1, 0.15) is 26.2 Å². The molecule has 1 aliphatic rings. The molecule has 1 rings (SSSR count). The zero-order valence-corrected chi connectivity index (χ0v) is 5.98. The van der Waals surface area contributed by atoms with Crippen LogP contribution in [-0.2, 0) is 0 Å². The van der Waals surface area contributed by atoms with Crippen LogP contribution in [0.3, 0.4) is 0 Å². The zero-order chi connectivity index (χ0) is 6.53. The van der Waals surface area contributed by atoms with Crippen molar-refractivity contribution in [1.82, 2.24) is 5.32 Å². The van der Waals surface area contributed by atoms with Gasteiger partial charge in [-0.3, -0.25) is 0 Å². The normalized spacial score (nSPS) is 26.6. The van der Waals surface area contributed by atoms with Gasteiger partial charge in [0.2, 0.25) is 0 Å². The molecule has 1 radical (unpaired) electrons. The molecule has 1 heterocycles. The number of nitrogens with one attached hydrogen (secondary N) is 1. The lowest BCUT2D eigenvalue weighted by molar-refractivity contribution is 0.483. The molecule has 1 heteroatoms. The molecule has 0 aromatic carbocycles. The Bertz CT molecular complexity index is 96.7. The van der Waals surface area contributed by atoms with Gasteiger partial charge in [-0.15, -0.1) is 0 Å². The van der Waals surface area contributed by atoms with E-state index in [0.717, 1.165) is 13.0 Å². The molecule has 9 heavy (non-hydrogen) atoms. The van der Waals surface area contributed by atoms with Gasteiger partial charge >= 0.3 is 0 Å². The monoisotopic (exact) mass is 124 g/mol. The van der Waals surface area contributed by atoms with Gasteiger partial charge < -0.3 is 5.32 Å². The van der Waals surface area contributed by atoms with Crippen LogP contribution >= 0.6 is 0 Å². The first kappa shape index (κ1) is 6.81. The summed E-state index contributed by atoms with van der Waals surface area (Å²) in [7, 11) is 0. The van der Waals surface area contributed by atoms with Gasteiger partial charge in [-0.25, -0.2) is 0 Å². The number of hydrogen-bond acceptors (Lipinski definition) is 1. The molecule has 0 aromatic heterocycles. The number of rotatable bonds is 2. The lowest BCUT2D eigenvalue weighted by Crippen LogP contribution is -2.31. The Labute approximate surface area is 57.1 Å². The third-order valence-corrected chi connectivity index (χ3v) is 1.65. The Kier molecular flexibility index (Phi) is 2.78. The SMILES string of the molecule is CCCC1C[C]=CCN1. The molecule has 1 aliphatic heterocycles. The van der Waals surface area contributed by atoms with Crippen molar-refractivity contribution in [1.29, 1.82) is 0 Å². The highest BCUT2D eigenvalue weighted by Crippen LogP contribution is 2.04. The Balaban J connectivity index is 2.18. The Hall–Kier alpha value is -0.300. The van der Waals surface area contributed by atoms with E-state index < -0.39 is 0 Å². The van der Waals surface area contributed by atoms with Crippen LogP contribution in [0.25, 0.3) is 0 Å². The lowest BCUT2D eigenvalue weighted by atomic mass is 10.1. The van der Waals surface area contributed by atoms with Crippen LogP contribution in [0, 0.1) is 6.08 Å². The molecule has 0 spiro atoms. The second-order valence-electron chi connectivity index (χ2n) is 2.51. The van der Waals surface area contributed by atoms with Gasteiger partial charge in [0.15, 0.2) is 0 Å². The minimum atomic E-state index is 0.708.